The molecule has 0 bridgehead atoms. The van der Waals surface area contributed by atoms with Crippen molar-refractivity contribution >= 4 is 18.3 Å². The van der Waals surface area contributed by atoms with Crippen molar-refractivity contribution in [1.29, 1.82) is 0 Å². The Kier molecular flexibility index (Phi) is 2.24. The zero-order valence-corrected chi connectivity index (χ0v) is 6.86. The summed E-state index contributed by atoms with van der Waals surface area (Å²) in [6.45, 7) is 0. The first-order valence-electron chi connectivity index (χ1n) is 2.97. The lowest BCUT2D eigenvalue weighted by molar-refractivity contribution is 0.414. The second kappa shape index (κ2) is 3.00. The van der Waals surface area contributed by atoms with E-state index in [1.54, 1.807) is 0 Å². The fourth-order valence-corrected chi connectivity index (χ4v) is 0.926. The molecular formula is C7H8FNOS. The number of anilines is 1. The van der Waals surface area contributed by atoms with Gasteiger partial charge in [0.05, 0.1) is 17.7 Å². The Labute approximate surface area is 69.6 Å². The lowest BCUT2D eigenvalue weighted by Gasteiger charge is -2.05. The molecular weight excluding hydrogens is 165 g/mol. The van der Waals surface area contributed by atoms with Crippen LogP contribution in [0.5, 0.6) is 5.75 Å². The molecule has 2 N–H and O–H groups in total. The highest BCUT2D eigenvalue weighted by molar-refractivity contribution is 7.80. The second-order valence-electron chi connectivity index (χ2n) is 2.01. The van der Waals surface area contributed by atoms with Crippen LogP contribution in [0.15, 0.2) is 17.0 Å². The van der Waals surface area contributed by atoms with E-state index < -0.39 is 5.82 Å². The van der Waals surface area contributed by atoms with Crippen LogP contribution < -0.4 is 10.5 Å². The molecule has 0 spiro atoms. The maximum atomic E-state index is 12.7. The van der Waals surface area contributed by atoms with Crippen molar-refractivity contribution in [2.24, 2.45) is 0 Å². The number of ether oxygens (including phenoxy) is 1. The molecule has 0 atom stereocenters. The van der Waals surface area contributed by atoms with Crippen molar-refractivity contribution in [3.05, 3.63) is 17.9 Å². The van der Waals surface area contributed by atoms with Crippen LogP contribution in [0.4, 0.5) is 10.1 Å². The third kappa shape index (κ3) is 1.40. The van der Waals surface area contributed by atoms with Gasteiger partial charge < -0.3 is 10.5 Å². The predicted octanol–water partition coefficient (Wildman–Crippen LogP) is 1.71. The standard InChI is InChI=1S/C7H8FNOS/c1-10-5-3-2-4(8)7(11)6(5)9/h2-3,11H,9H2,1H3. The quantitative estimate of drug-likeness (QED) is 0.501. The largest absolute Gasteiger partial charge is 0.495 e. The van der Waals surface area contributed by atoms with Gasteiger partial charge in [-0.3, -0.25) is 0 Å². The molecule has 0 heterocycles. The molecule has 60 valence electrons. The molecule has 0 aliphatic heterocycles. The van der Waals surface area contributed by atoms with Gasteiger partial charge in [0.25, 0.3) is 0 Å². The van der Waals surface area contributed by atoms with E-state index in [0.29, 0.717) is 5.75 Å². The molecule has 0 amide bonds. The van der Waals surface area contributed by atoms with Crippen molar-refractivity contribution in [2.75, 3.05) is 12.8 Å². The summed E-state index contributed by atoms with van der Waals surface area (Å²) in [4.78, 5) is 0.129. The molecule has 2 nitrogen and oxygen atoms in total. The number of nitrogens with two attached hydrogens (primary N) is 1. The van der Waals surface area contributed by atoms with Gasteiger partial charge in [-0.05, 0) is 12.1 Å². The van der Waals surface area contributed by atoms with E-state index in [9.17, 15) is 4.39 Å². The van der Waals surface area contributed by atoms with Crippen LogP contribution in [0.3, 0.4) is 0 Å². The number of benzene rings is 1. The summed E-state index contributed by atoms with van der Waals surface area (Å²) in [5.74, 6) is 0.00281. The molecule has 0 aliphatic carbocycles. The van der Waals surface area contributed by atoms with Gasteiger partial charge in [-0.1, -0.05) is 0 Å². The Balaban J connectivity index is 3.25. The minimum atomic E-state index is -0.438. The average Bonchev–Trinajstić information content (AvgIpc) is 2.01. The third-order valence-electron chi connectivity index (χ3n) is 1.35. The molecule has 0 fully saturated rings. The number of hydrogen-bond acceptors (Lipinski definition) is 3. The van der Waals surface area contributed by atoms with E-state index in [0.717, 1.165) is 0 Å². The monoisotopic (exact) mass is 173 g/mol. The highest BCUT2D eigenvalue weighted by Crippen LogP contribution is 2.29. The van der Waals surface area contributed by atoms with Gasteiger partial charge in [-0.25, -0.2) is 4.39 Å². The Morgan fingerprint density at radius 2 is 2.18 bits per heavy atom. The van der Waals surface area contributed by atoms with Crippen molar-refractivity contribution < 1.29 is 9.13 Å². The topological polar surface area (TPSA) is 35.2 Å². The maximum Gasteiger partial charge on any atom is 0.143 e. The van der Waals surface area contributed by atoms with Gasteiger partial charge in [-0.2, -0.15) is 0 Å². The molecule has 0 radical (unpaired) electrons. The Morgan fingerprint density at radius 3 is 2.73 bits per heavy atom. The number of hydrogen-bond donors (Lipinski definition) is 2. The normalized spacial score (nSPS) is 9.73. The van der Waals surface area contributed by atoms with Crippen LogP contribution in [0, 0.1) is 5.82 Å². The first-order valence-corrected chi connectivity index (χ1v) is 3.42. The number of methoxy groups -OCH3 is 1. The van der Waals surface area contributed by atoms with Crippen molar-refractivity contribution in [1.82, 2.24) is 0 Å². The molecule has 11 heavy (non-hydrogen) atoms. The Morgan fingerprint density at radius 1 is 1.55 bits per heavy atom. The fraction of sp³-hybridized carbons (Fsp3) is 0.143. The lowest BCUT2D eigenvalue weighted by atomic mass is 10.3. The molecule has 0 aromatic heterocycles. The minimum absolute atomic E-state index is 0.129. The molecule has 1 rings (SSSR count). The summed E-state index contributed by atoms with van der Waals surface area (Å²) >= 11 is 3.85. The smallest absolute Gasteiger partial charge is 0.143 e. The SMILES string of the molecule is COc1ccc(F)c(S)c1N. The predicted molar refractivity (Wildman–Crippen MR) is 44.6 cm³/mol. The van der Waals surface area contributed by atoms with E-state index in [1.807, 2.05) is 0 Å². The van der Waals surface area contributed by atoms with E-state index in [-0.39, 0.29) is 10.6 Å². The highest BCUT2D eigenvalue weighted by Gasteiger charge is 2.06. The van der Waals surface area contributed by atoms with Gasteiger partial charge in [0.1, 0.15) is 11.6 Å². The summed E-state index contributed by atoms with van der Waals surface area (Å²) in [6.07, 6.45) is 0. The van der Waals surface area contributed by atoms with E-state index in [4.69, 9.17) is 10.5 Å². The number of rotatable bonds is 1. The van der Waals surface area contributed by atoms with Crippen molar-refractivity contribution in [3.63, 3.8) is 0 Å². The molecule has 1 aromatic carbocycles. The van der Waals surface area contributed by atoms with E-state index >= 15 is 0 Å². The van der Waals surface area contributed by atoms with Crippen molar-refractivity contribution in [3.8, 4) is 5.75 Å². The van der Waals surface area contributed by atoms with Crippen molar-refractivity contribution in [2.45, 2.75) is 4.90 Å². The molecule has 0 saturated heterocycles. The zero-order valence-electron chi connectivity index (χ0n) is 5.97. The Hall–Kier alpha value is -0.900. The number of nitrogen functional groups attached to an aromatic ring is 1. The van der Waals surface area contributed by atoms with E-state index in [2.05, 4.69) is 12.6 Å². The molecule has 1 aromatic rings. The Bertz CT molecular complexity index is 277. The van der Waals surface area contributed by atoms with Crippen LogP contribution in [0.1, 0.15) is 0 Å². The fourth-order valence-electron chi connectivity index (χ4n) is 0.741. The molecule has 0 unspecified atom stereocenters. The summed E-state index contributed by atoms with van der Waals surface area (Å²) in [6, 6.07) is 2.72. The zero-order chi connectivity index (χ0) is 8.43. The van der Waals surface area contributed by atoms with Crippen LogP contribution in [0.2, 0.25) is 0 Å². The summed E-state index contributed by atoms with van der Waals surface area (Å²) in [5, 5.41) is 0. The first-order chi connectivity index (χ1) is 5.16. The molecule has 0 saturated carbocycles. The van der Waals surface area contributed by atoms with Gasteiger partial charge in [-0.15, -0.1) is 12.6 Å². The van der Waals surface area contributed by atoms with Crippen LogP contribution in [-0.2, 0) is 0 Å². The van der Waals surface area contributed by atoms with Gasteiger partial charge in [0, 0.05) is 0 Å². The molecule has 0 aliphatic rings. The second-order valence-corrected chi connectivity index (χ2v) is 2.46. The van der Waals surface area contributed by atoms with Gasteiger partial charge in [0.2, 0.25) is 0 Å². The van der Waals surface area contributed by atoms with Crippen LogP contribution in [0.25, 0.3) is 0 Å². The highest BCUT2D eigenvalue weighted by atomic mass is 32.1. The summed E-state index contributed by atoms with van der Waals surface area (Å²) < 4.78 is 17.5. The van der Waals surface area contributed by atoms with Gasteiger partial charge >= 0.3 is 0 Å². The average molecular weight is 173 g/mol. The van der Waals surface area contributed by atoms with Crippen LogP contribution in [-0.4, -0.2) is 7.11 Å². The van der Waals surface area contributed by atoms with Crippen LogP contribution >= 0.6 is 12.6 Å². The maximum absolute atomic E-state index is 12.7. The number of thiol groups is 1. The minimum Gasteiger partial charge on any atom is -0.495 e. The number of halogens is 1. The summed E-state index contributed by atoms with van der Waals surface area (Å²) in [5.41, 5.74) is 5.68. The summed E-state index contributed by atoms with van der Waals surface area (Å²) in [7, 11) is 1.47. The first kappa shape index (κ1) is 8.20. The molecule has 4 heteroatoms. The van der Waals surface area contributed by atoms with E-state index in [1.165, 1.54) is 19.2 Å². The van der Waals surface area contributed by atoms with Gasteiger partial charge in [0.15, 0.2) is 0 Å². The lowest BCUT2D eigenvalue weighted by Crippen LogP contribution is -1.95. The third-order valence-corrected chi connectivity index (χ3v) is 1.80.